The van der Waals surface area contributed by atoms with Crippen LogP contribution in [0.25, 0.3) is 0 Å². The molecule has 0 spiro atoms. The highest BCUT2D eigenvalue weighted by Gasteiger charge is 2.29. The number of nitrogens with one attached hydrogen (secondary N) is 1. The Kier molecular flexibility index (Phi) is 2.24. The average Bonchev–Trinajstić information content (AvgIpc) is 2.45. The molecule has 1 heterocycles. The van der Waals surface area contributed by atoms with E-state index >= 15 is 0 Å². The fourth-order valence-electron chi connectivity index (χ4n) is 2.46. The molecular formula is C13H14N2O. The van der Waals surface area contributed by atoms with Crippen molar-refractivity contribution in [2.75, 3.05) is 5.32 Å². The lowest BCUT2D eigenvalue weighted by atomic mass is 9.86. The first-order valence-electron chi connectivity index (χ1n) is 5.82. The van der Waals surface area contributed by atoms with E-state index < -0.39 is 0 Å². The summed E-state index contributed by atoms with van der Waals surface area (Å²) in [4.78, 5) is 16.7. The van der Waals surface area contributed by atoms with Crippen molar-refractivity contribution < 1.29 is 4.79 Å². The van der Waals surface area contributed by atoms with Gasteiger partial charge in [0.15, 0.2) is 0 Å². The molecule has 1 aromatic rings. The molecule has 16 heavy (non-hydrogen) atoms. The van der Waals surface area contributed by atoms with Crippen LogP contribution in [0, 0.1) is 5.92 Å². The Hall–Kier alpha value is -1.64. The van der Waals surface area contributed by atoms with Crippen molar-refractivity contribution in [3.63, 3.8) is 0 Å². The van der Waals surface area contributed by atoms with Crippen molar-refractivity contribution >= 4 is 23.0 Å². The van der Waals surface area contributed by atoms with Gasteiger partial charge in [0.05, 0.1) is 17.3 Å². The third kappa shape index (κ3) is 1.52. The van der Waals surface area contributed by atoms with E-state index in [2.05, 4.69) is 10.3 Å². The van der Waals surface area contributed by atoms with Crippen molar-refractivity contribution in [2.24, 2.45) is 10.9 Å². The van der Waals surface area contributed by atoms with E-state index in [9.17, 15) is 4.79 Å². The second-order valence-corrected chi connectivity index (χ2v) is 4.41. The number of anilines is 1. The van der Waals surface area contributed by atoms with Gasteiger partial charge in [0.25, 0.3) is 0 Å². The summed E-state index contributed by atoms with van der Waals surface area (Å²) < 4.78 is 0. The molecule has 1 amide bonds. The third-order valence-corrected chi connectivity index (χ3v) is 3.32. The SMILES string of the molecule is O=C1Nc2ccccc2N=C2CCCCC12. The molecule has 1 aliphatic heterocycles. The number of hydrogen-bond donors (Lipinski definition) is 1. The van der Waals surface area contributed by atoms with Crippen molar-refractivity contribution in [3.8, 4) is 0 Å². The van der Waals surface area contributed by atoms with Crippen molar-refractivity contribution in [3.05, 3.63) is 24.3 Å². The maximum Gasteiger partial charge on any atom is 0.233 e. The molecule has 3 rings (SSSR count). The fraction of sp³-hybridized carbons (Fsp3) is 0.385. The second-order valence-electron chi connectivity index (χ2n) is 4.41. The molecule has 2 aliphatic rings. The highest BCUT2D eigenvalue weighted by molar-refractivity contribution is 6.13. The normalized spacial score (nSPS) is 23.6. The highest BCUT2D eigenvalue weighted by atomic mass is 16.1. The lowest BCUT2D eigenvalue weighted by Crippen LogP contribution is -2.30. The first-order chi connectivity index (χ1) is 7.84. The van der Waals surface area contributed by atoms with Crippen LogP contribution in [0.5, 0.6) is 0 Å². The number of carbonyl (C=O) groups excluding carboxylic acids is 1. The van der Waals surface area contributed by atoms with Crippen LogP contribution in [-0.2, 0) is 4.79 Å². The minimum atomic E-state index is 0.00106. The molecule has 0 saturated heterocycles. The number of nitrogens with zero attached hydrogens (tertiary/aromatic N) is 1. The van der Waals surface area contributed by atoms with Crippen LogP contribution in [0.1, 0.15) is 25.7 Å². The Morgan fingerprint density at radius 2 is 2.12 bits per heavy atom. The van der Waals surface area contributed by atoms with E-state index in [0.29, 0.717) is 0 Å². The maximum absolute atomic E-state index is 12.0. The molecule has 0 bridgehead atoms. The smallest absolute Gasteiger partial charge is 0.233 e. The Bertz CT molecular complexity index is 465. The average molecular weight is 214 g/mol. The lowest BCUT2D eigenvalue weighted by molar-refractivity contribution is -0.118. The lowest BCUT2D eigenvalue weighted by Gasteiger charge is -2.20. The number of carbonyl (C=O) groups is 1. The van der Waals surface area contributed by atoms with Gasteiger partial charge in [-0.05, 0) is 31.4 Å². The molecule has 82 valence electrons. The minimum absolute atomic E-state index is 0.00106. The van der Waals surface area contributed by atoms with E-state index in [1.54, 1.807) is 0 Å². The van der Waals surface area contributed by atoms with Gasteiger partial charge in [-0.15, -0.1) is 0 Å². The van der Waals surface area contributed by atoms with E-state index in [0.717, 1.165) is 42.8 Å². The first-order valence-corrected chi connectivity index (χ1v) is 5.82. The standard InChI is InChI=1S/C13H14N2O/c16-13-9-5-1-2-6-10(9)14-11-7-3-4-8-12(11)15-13/h3-4,7-9H,1-2,5-6H2,(H,15,16). The van der Waals surface area contributed by atoms with E-state index in [1.807, 2.05) is 24.3 Å². The summed E-state index contributed by atoms with van der Waals surface area (Å²) in [5, 5.41) is 2.97. The van der Waals surface area contributed by atoms with Crippen molar-refractivity contribution in [1.29, 1.82) is 0 Å². The molecule has 1 unspecified atom stereocenters. The Morgan fingerprint density at radius 1 is 1.25 bits per heavy atom. The predicted molar refractivity (Wildman–Crippen MR) is 64.1 cm³/mol. The van der Waals surface area contributed by atoms with Gasteiger partial charge in [0.1, 0.15) is 0 Å². The summed E-state index contributed by atoms with van der Waals surface area (Å²) in [6.07, 6.45) is 4.20. The Balaban J connectivity index is 2.08. The molecule has 1 fully saturated rings. The summed E-state index contributed by atoms with van der Waals surface area (Å²) >= 11 is 0. The van der Waals surface area contributed by atoms with Crippen LogP contribution in [0.15, 0.2) is 29.3 Å². The van der Waals surface area contributed by atoms with Crippen LogP contribution in [0.2, 0.25) is 0 Å². The number of benzene rings is 1. The number of rotatable bonds is 0. The molecule has 1 aliphatic carbocycles. The zero-order valence-corrected chi connectivity index (χ0v) is 9.07. The van der Waals surface area contributed by atoms with Crippen LogP contribution < -0.4 is 5.32 Å². The van der Waals surface area contributed by atoms with Crippen LogP contribution >= 0.6 is 0 Å². The number of para-hydroxylation sites is 2. The third-order valence-electron chi connectivity index (χ3n) is 3.32. The Labute approximate surface area is 94.6 Å². The molecule has 0 radical (unpaired) electrons. The number of fused-ring (bicyclic) bond motifs is 2. The van der Waals surface area contributed by atoms with Crippen LogP contribution in [0.3, 0.4) is 0 Å². The van der Waals surface area contributed by atoms with Gasteiger partial charge in [-0.3, -0.25) is 9.79 Å². The van der Waals surface area contributed by atoms with Gasteiger partial charge in [-0.1, -0.05) is 18.6 Å². The van der Waals surface area contributed by atoms with Gasteiger partial charge in [0.2, 0.25) is 5.91 Å². The molecule has 1 atom stereocenters. The quantitative estimate of drug-likeness (QED) is 0.708. The van der Waals surface area contributed by atoms with Crippen molar-refractivity contribution in [2.45, 2.75) is 25.7 Å². The summed E-state index contributed by atoms with van der Waals surface area (Å²) in [6.45, 7) is 0. The molecular weight excluding hydrogens is 200 g/mol. The molecule has 1 saturated carbocycles. The fourth-order valence-corrected chi connectivity index (χ4v) is 2.46. The molecule has 1 N–H and O–H groups in total. The Morgan fingerprint density at radius 3 is 3.06 bits per heavy atom. The first kappa shape index (κ1) is 9.58. The van der Waals surface area contributed by atoms with Crippen LogP contribution in [0.4, 0.5) is 11.4 Å². The zero-order chi connectivity index (χ0) is 11.0. The summed E-state index contributed by atoms with van der Waals surface area (Å²) in [6, 6.07) is 7.75. The van der Waals surface area contributed by atoms with Gasteiger partial charge >= 0.3 is 0 Å². The van der Waals surface area contributed by atoms with E-state index in [1.165, 1.54) is 0 Å². The maximum atomic E-state index is 12.0. The van der Waals surface area contributed by atoms with Crippen LogP contribution in [-0.4, -0.2) is 11.6 Å². The van der Waals surface area contributed by atoms with E-state index in [4.69, 9.17) is 0 Å². The zero-order valence-electron chi connectivity index (χ0n) is 9.07. The number of aliphatic imine (C=N–C) groups is 1. The number of hydrogen-bond acceptors (Lipinski definition) is 2. The van der Waals surface area contributed by atoms with Crippen molar-refractivity contribution in [1.82, 2.24) is 0 Å². The largest absolute Gasteiger partial charge is 0.324 e. The molecule has 1 aromatic carbocycles. The molecule has 3 nitrogen and oxygen atoms in total. The highest BCUT2D eigenvalue weighted by Crippen LogP contribution is 2.33. The minimum Gasteiger partial charge on any atom is -0.324 e. The topological polar surface area (TPSA) is 41.5 Å². The molecule has 3 heteroatoms. The monoisotopic (exact) mass is 214 g/mol. The van der Waals surface area contributed by atoms with E-state index in [-0.39, 0.29) is 11.8 Å². The summed E-state index contributed by atoms with van der Waals surface area (Å²) in [5.41, 5.74) is 2.80. The van der Waals surface area contributed by atoms with Gasteiger partial charge < -0.3 is 5.32 Å². The second kappa shape index (κ2) is 3.74. The van der Waals surface area contributed by atoms with Gasteiger partial charge in [-0.25, -0.2) is 0 Å². The number of amides is 1. The summed E-state index contributed by atoms with van der Waals surface area (Å²) in [7, 11) is 0. The molecule has 0 aromatic heterocycles. The predicted octanol–water partition coefficient (Wildman–Crippen LogP) is 2.90. The van der Waals surface area contributed by atoms with Gasteiger partial charge in [-0.2, -0.15) is 0 Å². The van der Waals surface area contributed by atoms with Gasteiger partial charge in [0, 0.05) is 5.71 Å². The summed E-state index contributed by atoms with van der Waals surface area (Å²) in [5.74, 6) is 0.115.